The first-order valence-corrected chi connectivity index (χ1v) is 7.30. The molecule has 0 spiro atoms. The molecule has 0 saturated heterocycles. The van der Waals surface area contributed by atoms with Crippen LogP contribution in [0.2, 0.25) is 0 Å². The minimum atomic E-state index is -0.297. The van der Waals surface area contributed by atoms with Crippen LogP contribution in [0.15, 0.2) is 30.3 Å². The number of carbonyl (C=O) groups is 2. The van der Waals surface area contributed by atoms with E-state index in [2.05, 4.69) is 0 Å². The average Bonchev–Trinajstić information content (AvgIpc) is 2.49. The van der Waals surface area contributed by atoms with Crippen molar-refractivity contribution in [2.75, 3.05) is 7.11 Å². The molecule has 3 nitrogen and oxygen atoms in total. The third-order valence-electron chi connectivity index (χ3n) is 4.33. The van der Waals surface area contributed by atoms with Gasteiger partial charge in [0.25, 0.3) is 0 Å². The number of esters is 1. The number of ether oxygens (including phenoxy) is 1. The summed E-state index contributed by atoms with van der Waals surface area (Å²) in [7, 11) is 1.41. The largest absolute Gasteiger partial charge is 0.469 e. The molecular weight excluding hydrogens is 252 g/mol. The Morgan fingerprint density at radius 2 is 1.95 bits per heavy atom. The molecule has 0 aliphatic heterocycles. The Hall–Kier alpha value is -1.64. The SMILES string of the molecule is COC(=O)[C@H](C)[C@@H](c1ccccc1)[C@@H]1CCCCC1=O. The predicted octanol–water partition coefficient (Wildman–Crippen LogP) is 3.34. The fourth-order valence-electron chi connectivity index (χ4n) is 3.27. The van der Waals surface area contributed by atoms with Gasteiger partial charge < -0.3 is 4.74 Å². The normalized spacial score (nSPS) is 22.1. The molecule has 3 atom stereocenters. The molecule has 0 bridgehead atoms. The number of methoxy groups -OCH3 is 1. The third-order valence-corrected chi connectivity index (χ3v) is 4.33. The van der Waals surface area contributed by atoms with Crippen molar-refractivity contribution in [2.45, 2.75) is 38.5 Å². The maximum atomic E-state index is 12.3. The molecule has 1 aliphatic rings. The van der Waals surface area contributed by atoms with E-state index in [1.165, 1.54) is 7.11 Å². The molecule has 1 aliphatic carbocycles. The molecule has 3 heteroatoms. The minimum absolute atomic E-state index is 0.0553. The Morgan fingerprint density at radius 1 is 1.25 bits per heavy atom. The molecule has 1 saturated carbocycles. The summed E-state index contributed by atoms with van der Waals surface area (Å²) in [4.78, 5) is 24.2. The van der Waals surface area contributed by atoms with E-state index in [1.54, 1.807) is 0 Å². The zero-order valence-corrected chi connectivity index (χ0v) is 12.2. The van der Waals surface area contributed by atoms with Gasteiger partial charge in [-0.15, -0.1) is 0 Å². The van der Waals surface area contributed by atoms with Gasteiger partial charge in [0, 0.05) is 18.3 Å². The highest BCUT2D eigenvalue weighted by atomic mass is 16.5. The van der Waals surface area contributed by atoms with E-state index in [9.17, 15) is 9.59 Å². The van der Waals surface area contributed by atoms with E-state index in [-0.39, 0.29) is 23.7 Å². The van der Waals surface area contributed by atoms with Gasteiger partial charge in [0.15, 0.2) is 0 Å². The summed E-state index contributed by atoms with van der Waals surface area (Å²) >= 11 is 0. The van der Waals surface area contributed by atoms with Gasteiger partial charge in [0.05, 0.1) is 13.0 Å². The summed E-state index contributed by atoms with van der Waals surface area (Å²) in [6.07, 6.45) is 3.55. The van der Waals surface area contributed by atoms with Gasteiger partial charge in [0.1, 0.15) is 5.78 Å². The zero-order chi connectivity index (χ0) is 14.5. The number of ketones is 1. The molecule has 1 aromatic carbocycles. The van der Waals surface area contributed by atoms with Gasteiger partial charge in [-0.05, 0) is 18.4 Å². The van der Waals surface area contributed by atoms with Crippen molar-refractivity contribution in [3.8, 4) is 0 Å². The van der Waals surface area contributed by atoms with Crippen LogP contribution < -0.4 is 0 Å². The Kier molecular flexibility index (Phi) is 4.94. The first-order valence-electron chi connectivity index (χ1n) is 7.30. The number of benzene rings is 1. The fourth-order valence-corrected chi connectivity index (χ4v) is 3.27. The van der Waals surface area contributed by atoms with Crippen molar-refractivity contribution in [3.05, 3.63) is 35.9 Å². The molecule has 1 fully saturated rings. The second kappa shape index (κ2) is 6.69. The molecule has 0 amide bonds. The topological polar surface area (TPSA) is 43.4 Å². The van der Waals surface area contributed by atoms with Crippen molar-refractivity contribution in [1.82, 2.24) is 0 Å². The Balaban J connectivity index is 2.33. The lowest BCUT2D eigenvalue weighted by atomic mass is 9.71. The van der Waals surface area contributed by atoms with Crippen molar-refractivity contribution in [3.63, 3.8) is 0 Å². The van der Waals surface area contributed by atoms with Gasteiger partial charge in [0.2, 0.25) is 0 Å². The second-order valence-corrected chi connectivity index (χ2v) is 5.57. The Labute approximate surface area is 120 Å². The summed E-state index contributed by atoms with van der Waals surface area (Å²) < 4.78 is 4.89. The van der Waals surface area contributed by atoms with Crippen molar-refractivity contribution >= 4 is 11.8 Å². The highest BCUT2D eigenvalue weighted by Gasteiger charge is 2.37. The molecule has 0 aromatic heterocycles. The van der Waals surface area contributed by atoms with Crippen LogP contribution in [0.25, 0.3) is 0 Å². The molecule has 0 heterocycles. The lowest BCUT2D eigenvalue weighted by molar-refractivity contribution is -0.146. The van der Waals surface area contributed by atoms with E-state index in [1.807, 2.05) is 37.3 Å². The van der Waals surface area contributed by atoms with Crippen molar-refractivity contribution < 1.29 is 14.3 Å². The third kappa shape index (κ3) is 3.09. The molecule has 1 aromatic rings. The van der Waals surface area contributed by atoms with E-state index >= 15 is 0 Å². The molecule has 2 rings (SSSR count). The summed E-state index contributed by atoms with van der Waals surface area (Å²) in [6.45, 7) is 1.87. The number of carbonyl (C=O) groups excluding carboxylic acids is 2. The lowest BCUT2D eigenvalue weighted by Gasteiger charge is -2.32. The summed E-state index contributed by atoms with van der Waals surface area (Å²) in [5.74, 6) is -0.371. The molecular formula is C17H22O3. The number of hydrogen-bond donors (Lipinski definition) is 0. The van der Waals surface area contributed by atoms with Crippen LogP contribution in [-0.2, 0) is 14.3 Å². The quantitative estimate of drug-likeness (QED) is 0.791. The number of hydrogen-bond acceptors (Lipinski definition) is 3. The van der Waals surface area contributed by atoms with Gasteiger partial charge in [-0.1, -0.05) is 43.7 Å². The monoisotopic (exact) mass is 274 g/mol. The van der Waals surface area contributed by atoms with Gasteiger partial charge in [-0.2, -0.15) is 0 Å². The first-order chi connectivity index (χ1) is 9.65. The minimum Gasteiger partial charge on any atom is -0.469 e. The fraction of sp³-hybridized carbons (Fsp3) is 0.529. The first kappa shape index (κ1) is 14.8. The van der Waals surface area contributed by atoms with E-state index in [4.69, 9.17) is 4.74 Å². The van der Waals surface area contributed by atoms with Gasteiger partial charge in [-0.3, -0.25) is 9.59 Å². The molecule has 0 radical (unpaired) electrons. The van der Waals surface area contributed by atoms with Crippen LogP contribution in [0, 0.1) is 11.8 Å². The van der Waals surface area contributed by atoms with E-state index in [0.29, 0.717) is 12.2 Å². The summed E-state index contributed by atoms with van der Waals surface area (Å²) in [5.41, 5.74) is 1.06. The lowest BCUT2D eigenvalue weighted by Crippen LogP contribution is -2.33. The zero-order valence-electron chi connectivity index (χ0n) is 12.2. The van der Waals surface area contributed by atoms with Crippen LogP contribution in [-0.4, -0.2) is 18.9 Å². The number of rotatable bonds is 4. The Bertz CT molecular complexity index is 466. The standard InChI is InChI=1S/C17H22O3/c1-12(17(19)20-2)16(13-8-4-3-5-9-13)14-10-6-7-11-15(14)18/h3-5,8-9,12,14,16H,6-7,10-11H2,1-2H3/t12-,14-,16+/m1/s1. The van der Waals surface area contributed by atoms with Gasteiger partial charge in [-0.25, -0.2) is 0 Å². The van der Waals surface area contributed by atoms with Crippen LogP contribution in [0.3, 0.4) is 0 Å². The highest BCUT2D eigenvalue weighted by Crippen LogP contribution is 2.39. The van der Waals surface area contributed by atoms with Crippen LogP contribution in [0.5, 0.6) is 0 Å². The van der Waals surface area contributed by atoms with Crippen molar-refractivity contribution in [2.24, 2.45) is 11.8 Å². The molecule has 20 heavy (non-hydrogen) atoms. The van der Waals surface area contributed by atoms with Crippen molar-refractivity contribution in [1.29, 1.82) is 0 Å². The maximum Gasteiger partial charge on any atom is 0.309 e. The smallest absolute Gasteiger partial charge is 0.309 e. The average molecular weight is 274 g/mol. The second-order valence-electron chi connectivity index (χ2n) is 5.57. The molecule has 0 N–H and O–H groups in total. The van der Waals surface area contributed by atoms with E-state index in [0.717, 1.165) is 24.8 Å². The summed E-state index contributed by atoms with van der Waals surface area (Å²) in [6, 6.07) is 9.88. The Morgan fingerprint density at radius 3 is 2.55 bits per heavy atom. The number of Topliss-reactive ketones (excluding diaryl/α,β-unsaturated/α-hetero) is 1. The van der Waals surface area contributed by atoms with Crippen LogP contribution in [0.1, 0.15) is 44.1 Å². The van der Waals surface area contributed by atoms with Crippen LogP contribution >= 0.6 is 0 Å². The predicted molar refractivity (Wildman–Crippen MR) is 77.3 cm³/mol. The van der Waals surface area contributed by atoms with Gasteiger partial charge >= 0.3 is 5.97 Å². The summed E-state index contributed by atoms with van der Waals surface area (Å²) in [5, 5.41) is 0. The molecule has 0 unspecified atom stereocenters. The molecule has 108 valence electrons. The highest BCUT2D eigenvalue weighted by molar-refractivity contribution is 5.84. The maximum absolute atomic E-state index is 12.3. The van der Waals surface area contributed by atoms with E-state index < -0.39 is 0 Å². The van der Waals surface area contributed by atoms with Crippen LogP contribution in [0.4, 0.5) is 0 Å².